The fourth-order valence-corrected chi connectivity index (χ4v) is 4.79. The van der Waals surface area contributed by atoms with Gasteiger partial charge in [0, 0.05) is 24.7 Å². The zero-order valence-electron chi connectivity index (χ0n) is 12.4. The van der Waals surface area contributed by atoms with E-state index in [1.165, 1.54) is 49.3 Å². The molecule has 0 saturated carbocycles. The van der Waals surface area contributed by atoms with Crippen molar-refractivity contribution in [2.24, 2.45) is 11.8 Å². The molecule has 0 bridgehead atoms. The highest BCUT2D eigenvalue weighted by Crippen LogP contribution is 2.50. The van der Waals surface area contributed by atoms with Gasteiger partial charge in [0.25, 0.3) is 0 Å². The molecule has 3 heteroatoms. The molecule has 2 aliphatic heterocycles. The number of nitrogens with zero attached hydrogens (tertiary/aromatic N) is 1. The summed E-state index contributed by atoms with van der Waals surface area (Å²) in [7, 11) is 0. The van der Waals surface area contributed by atoms with Crippen LogP contribution in [-0.4, -0.2) is 36.2 Å². The molecule has 108 valence electrons. The molecule has 0 aromatic heterocycles. The normalized spacial score (nSPS) is 36.3. The fourth-order valence-electron chi connectivity index (χ4n) is 4.79. The minimum atomic E-state index is 0.436. The Morgan fingerprint density at radius 3 is 2.55 bits per heavy atom. The summed E-state index contributed by atoms with van der Waals surface area (Å²) in [6.45, 7) is 9.24. The van der Waals surface area contributed by atoms with E-state index in [4.69, 9.17) is 0 Å². The first-order valence-electron chi connectivity index (χ1n) is 7.92. The highest BCUT2D eigenvalue weighted by Gasteiger charge is 2.43. The van der Waals surface area contributed by atoms with Gasteiger partial charge in [0.1, 0.15) is 5.75 Å². The molecule has 0 spiro atoms. The third kappa shape index (κ3) is 1.73. The van der Waals surface area contributed by atoms with Crippen molar-refractivity contribution >= 4 is 0 Å². The first kappa shape index (κ1) is 12.7. The number of hydrogen-bond donors (Lipinski definition) is 2. The number of rotatable bonds is 1. The lowest BCUT2D eigenvalue weighted by Crippen LogP contribution is -2.29. The summed E-state index contributed by atoms with van der Waals surface area (Å²) in [6.07, 6.45) is 1.17. The molecule has 1 aromatic rings. The summed E-state index contributed by atoms with van der Waals surface area (Å²) in [6, 6.07) is 4.39. The van der Waals surface area contributed by atoms with Crippen LogP contribution in [0.25, 0.3) is 0 Å². The van der Waals surface area contributed by atoms with Crippen LogP contribution < -0.4 is 5.32 Å². The van der Waals surface area contributed by atoms with Crippen LogP contribution >= 0.6 is 0 Å². The largest absolute Gasteiger partial charge is 0.508 e. The number of aryl methyl sites for hydroxylation is 1. The quantitative estimate of drug-likeness (QED) is 0.824. The highest BCUT2D eigenvalue weighted by molar-refractivity contribution is 5.51. The zero-order valence-corrected chi connectivity index (χ0v) is 12.4. The van der Waals surface area contributed by atoms with Gasteiger partial charge in [-0.15, -0.1) is 0 Å². The van der Waals surface area contributed by atoms with Crippen LogP contribution in [0.1, 0.15) is 42.0 Å². The molecule has 2 N–H and O–H groups in total. The predicted octanol–water partition coefficient (Wildman–Crippen LogP) is 2.40. The van der Waals surface area contributed by atoms with Gasteiger partial charge >= 0.3 is 0 Å². The Morgan fingerprint density at radius 2 is 1.85 bits per heavy atom. The number of aromatic hydroxyl groups is 1. The minimum absolute atomic E-state index is 0.436. The van der Waals surface area contributed by atoms with E-state index in [9.17, 15) is 5.11 Å². The van der Waals surface area contributed by atoms with Gasteiger partial charge in [0.05, 0.1) is 0 Å². The van der Waals surface area contributed by atoms with Gasteiger partial charge in [0.15, 0.2) is 0 Å². The second-order valence-corrected chi connectivity index (χ2v) is 7.01. The van der Waals surface area contributed by atoms with Crippen LogP contribution in [0.5, 0.6) is 5.75 Å². The molecule has 1 aliphatic carbocycles. The summed E-state index contributed by atoms with van der Waals surface area (Å²) in [4.78, 5) is 2.64. The van der Waals surface area contributed by atoms with Crippen LogP contribution in [0, 0.1) is 18.8 Å². The fraction of sp³-hybridized carbons (Fsp3) is 0.647. The molecular weight excluding hydrogens is 248 g/mol. The number of hydrogen-bond acceptors (Lipinski definition) is 3. The summed E-state index contributed by atoms with van der Waals surface area (Å²) >= 11 is 0. The molecule has 20 heavy (non-hydrogen) atoms. The standard InChI is InChI=1S/C17H24N2O/c1-10-3-4-15(20)17-14(5-11(2)16(10)17)19-8-12-6-18-7-13(12)9-19/h3-4,11-14,18,20H,5-9H2,1-2H3/t11?,12-,13+,14?. The number of benzene rings is 1. The van der Waals surface area contributed by atoms with E-state index in [1.807, 2.05) is 6.07 Å². The molecule has 2 heterocycles. The number of likely N-dealkylation sites (tertiary alicyclic amines) is 1. The summed E-state index contributed by atoms with van der Waals surface area (Å²) < 4.78 is 0. The number of fused-ring (bicyclic) bond motifs is 2. The van der Waals surface area contributed by atoms with Crippen LogP contribution in [0.15, 0.2) is 12.1 Å². The van der Waals surface area contributed by atoms with Crippen molar-refractivity contribution in [3.05, 3.63) is 28.8 Å². The van der Waals surface area contributed by atoms with Gasteiger partial charge < -0.3 is 10.4 Å². The number of phenolic OH excluding ortho intramolecular Hbond substituents is 1. The lowest BCUT2D eigenvalue weighted by molar-refractivity contribution is 0.219. The van der Waals surface area contributed by atoms with Crippen molar-refractivity contribution < 1.29 is 5.11 Å². The Balaban J connectivity index is 1.68. The molecule has 3 aliphatic rings. The Kier molecular flexibility index (Phi) is 2.83. The minimum Gasteiger partial charge on any atom is -0.508 e. The molecule has 2 saturated heterocycles. The highest BCUT2D eigenvalue weighted by atomic mass is 16.3. The number of nitrogens with one attached hydrogen (secondary N) is 1. The molecular formula is C17H24N2O. The molecule has 1 aromatic carbocycles. The van der Waals surface area contributed by atoms with Crippen molar-refractivity contribution in [3.8, 4) is 5.75 Å². The maximum absolute atomic E-state index is 10.4. The van der Waals surface area contributed by atoms with Crippen molar-refractivity contribution in [2.75, 3.05) is 26.2 Å². The Hall–Kier alpha value is -1.06. The third-order valence-electron chi connectivity index (χ3n) is 5.74. The van der Waals surface area contributed by atoms with E-state index < -0.39 is 0 Å². The second-order valence-electron chi connectivity index (χ2n) is 7.01. The SMILES string of the molecule is Cc1ccc(O)c2c1C(C)CC2N1C[C@H]2CNC[C@H]2C1. The van der Waals surface area contributed by atoms with Gasteiger partial charge in [-0.1, -0.05) is 13.0 Å². The van der Waals surface area contributed by atoms with Gasteiger partial charge in [-0.05, 0) is 61.4 Å². The second kappa shape index (κ2) is 4.47. The van der Waals surface area contributed by atoms with E-state index in [-0.39, 0.29) is 0 Å². The first-order chi connectivity index (χ1) is 9.65. The average molecular weight is 272 g/mol. The average Bonchev–Trinajstić information content (AvgIpc) is 3.06. The number of phenols is 1. The smallest absolute Gasteiger partial charge is 0.120 e. The van der Waals surface area contributed by atoms with Crippen LogP contribution in [0.2, 0.25) is 0 Å². The Labute approximate surface area is 121 Å². The molecule has 0 amide bonds. The monoisotopic (exact) mass is 272 g/mol. The van der Waals surface area contributed by atoms with Crippen LogP contribution in [0.3, 0.4) is 0 Å². The maximum atomic E-state index is 10.4. The van der Waals surface area contributed by atoms with Crippen molar-refractivity contribution in [1.82, 2.24) is 10.2 Å². The lowest BCUT2D eigenvalue weighted by atomic mass is 9.97. The van der Waals surface area contributed by atoms with Crippen molar-refractivity contribution in [1.29, 1.82) is 0 Å². The van der Waals surface area contributed by atoms with Crippen molar-refractivity contribution in [3.63, 3.8) is 0 Å². The van der Waals surface area contributed by atoms with Gasteiger partial charge in [-0.25, -0.2) is 0 Å². The summed E-state index contributed by atoms with van der Waals surface area (Å²) in [5.41, 5.74) is 3.98. The van der Waals surface area contributed by atoms with Crippen molar-refractivity contribution in [2.45, 2.75) is 32.2 Å². The predicted molar refractivity (Wildman–Crippen MR) is 80.0 cm³/mol. The Bertz CT molecular complexity index is 530. The lowest BCUT2D eigenvalue weighted by Gasteiger charge is -2.26. The topological polar surface area (TPSA) is 35.5 Å². The van der Waals surface area contributed by atoms with Gasteiger partial charge in [-0.3, -0.25) is 4.90 Å². The van der Waals surface area contributed by atoms with E-state index in [1.54, 1.807) is 0 Å². The van der Waals surface area contributed by atoms with Gasteiger partial charge in [-0.2, -0.15) is 0 Å². The first-order valence-corrected chi connectivity index (χ1v) is 7.92. The molecule has 4 rings (SSSR count). The van der Waals surface area contributed by atoms with E-state index in [2.05, 4.69) is 30.1 Å². The molecule has 3 nitrogen and oxygen atoms in total. The van der Waals surface area contributed by atoms with E-state index in [0.29, 0.717) is 17.7 Å². The Morgan fingerprint density at radius 1 is 1.15 bits per heavy atom. The molecule has 2 unspecified atom stereocenters. The van der Waals surface area contributed by atoms with E-state index >= 15 is 0 Å². The molecule has 4 atom stereocenters. The summed E-state index contributed by atoms with van der Waals surface area (Å²) in [5, 5.41) is 13.9. The van der Waals surface area contributed by atoms with Gasteiger partial charge in [0.2, 0.25) is 0 Å². The summed E-state index contributed by atoms with van der Waals surface area (Å²) in [5.74, 6) is 2.72. The zero-order chi connectivity index (χ0) is 13.9. The third-order valence-corrected chi connectivity index (χ3v) is 5.74. The molecule has 2 fully saturated rings. The maximum Gasteiger partial charge on any atom is 0.120 e. The molecule has 0 radical (unpaired) electrons. The van der Waals surface area contributed by atoms with E-state index in [0.717, 1.165) is 11.8 Å². The van der Waals surface area contributed by atoms with Crippen LogP contribution in [0.4, 0.5) is 0 Å². The van der Waals surface area contributed by atoms with Crippen LogP contribution in [-0.2, 0) is 0 Å².